The van der Waals surface area contributed by atoms with E-state index in [0.717, 1.165) is 26.1 Å². The molecule has 19 heavy (non-hydrogen) atoms. The van der Waals surface area contributed by atoms with Crippen molar-refractivity contribution >= 4 is 0 Å². The average Bonchev–Trinajstić information content (AvgIpc) is 2.97. The summed E-state index contributed by atoms with van der Waals surface area (Å²) < 4.78 is 2.08. The van der Waals surface area contributed by atoms with Crippen molar-refractivity contribution in [1.29, 1.82) is 0 Å². The maximum Gasteiger partial charge on any atom is 0.0946 e. The summed E-state index contributed by atoms with van der Waals surface area (Å²) in [5, 5.41) is 9.70. The Labute approximate surface area is 113 Å². The number of imidazole rings is 1. The van der Waals surface area contributed by atoms with Crippen LogP contribution in [-0.4, -0.2) is 39.3 Å². The minimum absolute atomic E-state index is 0.133. The molecule has 0 aliphatic carbocycles. The molecule has 0 saturated carbocycles. The molecule has 0 bridgehead atoms. The minimum atomic E-state index is 0.133. The zero-order valence-electron chi connectivity index (χ0n) is 10.9. The van der Waals surface area contributed by atoms with Gasteiger partial charge in [0.25, 0.3) is 0 Å². The van der Waals surface area contributed by atoms with E-state index in [1.165, 1.54) is 11.1 Å². The minimum Gasteiger partial charge on any atom is -0.394 e. The Kier molecular flexibility index (Phi) is 3.62. The van der Waals surface area contributed by atoms with E-state index in [2.05, 4.69) is 38.7 Å². The van der Waals surface area contributed by atoms with Crippen molar-refractivity contribution in [3.63, 3.8) is 0 Å². The molecule has 1 N–H and O–H groups in total. The SMILES string of the molecule is OCC1c2ccccc2CCN1CCn1ccnc1. The van der Waals surface area contributed by atoms with E-state index in [-0.39, 0.29) is 12.6 Å². The summed E-state index contributed by atoms with van der Waals surface area (Å²) in [5.41, 5.74) is 2.65. The monoisotopic (exact) mass is 257 g/mol. The van der Waals surface area contributed by atoms with E-state index in [1.807, 2.05) is 12.5 Å². The molecule has 4 nitrogen and oxygen atoms in total. The third-order valence-corrected chi connectivity index (χ3v) is 3.90. The van der Waals surface area contributed by atoms with Gasteiger partial charge in [-0.15, -0.1) is 0 Å². The van der Waals surface area contributed by atoms with Gasteiger partial charge in [0, 0.05) is 32.0 Å². The molecule has 0 saturated heterocycles. The lowest BCUT2D eigenvalue weighted by atomic mass is 9.93. The number of hydrogen-bond donors (Lipinski definition) is 1. The highest BCUT2D eigenvalue weighted by Crippen LogP contribution is 2.28. The lowest BCUT2D eigenvalue weighted by Crippen LogP contribution is -2.39. The number of rotatable bonds is 4. The van der Waals surface area contributed by atoms with Crippen LogP contribution in [0.3, 0.4) is 0 Å². The van der Waals surface area contributed by atoms with Gasteiger partial charge in [-0.05, 0) is 17.5 Å². The molecule has 100 valence electrons. The number of aliphatic hydroxyl groups is 1. The van der Waals surface area contributed by atoms with Crippen LogP contribution in [0.4, 0.5) is 0 Å². The Hall–Kier alpha value is -1.65. The summed E-state index contributed by atoms with van der Waals surface area (Å²) in [7, 11) is 0. The Morgan fingerprint density at radius 3 is 2.95 bits per heavy atom. The second-order valence-corrected chi connectivity index (χ2v) is 4.98. The van der Waals surface area contributed by atoms with Gasteiger partial charge in [-0.3, -0.25) is 4.90 Å². The first-order valence-electron chi connectivity index (χ1n) is 6.77. The summed E-state index contributed by atoms with van der Waals surface area (Å²) >= 11 is 0. The molecule has 0 amide bonds. The number of benzene rings is 1. The van der Waals surface area contributed by atoms with E-state index in [9.17, 15) is 5.11 Å². The fourth-order valence-corrected chi connectivity index (χ4v) is 2.85. The van der Waals surface area contributed by atoms with Crippen molar-refractivity contribution in [3.8, 4) is 0 Å². The van der Waals surface area contributed by atoms with Crippen molar-refractivity contribution < 1.29 is 5.11 Å². The fraction of sp³-hybridized carbons (Fsp3) is 0.400. The molecule has 1 aromatic heterocycles. The van der Waals surface area contributed by atoms with Crippen LogP contribution in [-0.2, 0) is 13.0 Å². The number of fused-ring (bicyclic) bond motifs is 1. The van der Waals surface area contributed by atoms with Crippen molar-refractivity contribution in [3.05, 3.63) is 54.1 Å². The summed E-state index contributed by atoms with van der Waals surface area (Å²) in [6, 6.07) is 8.58. The zero-order valence-corrected chi connectivity index (χ0v) is 10.9. The van der Waals surface area contributed by atoms with Gasteiger partial charge in [0.05, 0.1) is 19.0 Å². The van der Waals surface area contributed by atoms with Gasteiger partial charge in [-0.1, -0.05) is 24.3 Å². The Morgan fingerprint density at radius 2 is 2.16 bits per heavy atom. The molecule has 1 aliphatic heterocycles. The van der Waals surface area contributed by atoms with Gasteiger partial charge in [0.1, 0.15) is 0 Å². The molecular formula is C15H19N3O. The normalized spacial score (nSPS) is 19.3. The zero-order chi connectivity index (χ0) is 13.1. The van der Waals surface area contributed by atoms with Crippen LogP contribution in [0, 0.1) is 0 Å². The van der Waals surface area contributed by atoms with Crippen LogP contribution < -0.4 is 0 Å². The summed E-state index contributed by atoms with van der Waals surface area (Å²) in [5.74, 6) is 0. The highest BCUT2D eigenvalue weighted by atomic mass is 16.3. The molecule has 1 atom stereocenters. The van der Waals surface area contributed by atoms with Crippen LogP contribution in [0.15, 0.2) is 43.0 Å². The standard InChI is InChI=1S/C15H19N3O/c19-11-15-14-4-2-1-3-13(14)5-7-18(15)10-9-17-8-6-16-12-17/h1-4,6,8,12,15,19H,5,7,9-11H2. The molecular weight excluding hydrogens is 238 g/mol. The van der Waals surface area contributed by atoms with Crippen LogP contribution in [0.5, 0.6) is 0 Å². The Balaban J connectivity index is 1.73. The lowest BCUT2D eigenvalue weighted by molar-refractivity contribution is 0.111. The van der Waals surface area contributed by atoms with E-state index in [4.69, 9.17) is 0 Å². The van der Waals surface area contributed by atoms with Crippen molar-refractivity contribution in [2.45, 2.75) is 19.0 Å². The van der Waals surface area contributed by atoms with Crippen LogP contribution >= 0.6 is 0 Å². The topological polar surface area (TPSA) is 41.3 Å². The third-order valence-electron chi connectivity index (χ3n) is 3.90. The molecule has 0 spiro atoms. The molecule has 1 unspecified atom stereocenters. The van der Waals surface area contributed by atoms with Crippen molar-refractivity contribution in [1.82, 2.24) is 14.5 Å². The Morgan fingerprint density at radius 1 is 1.26 bits per heavy atom. The molecule has 2 aromatic rings. The van der Waals surface area contributed by atoms with Gasteiger partial charge >= 0.3 is 0 Å². The number of aromatic nitrogens is 2. The predicted octanol–water partition coefficient (Wildman–Crippen LogP) is 1.47. The molecule has 3 rings (SSSR count). The van der Waals surface area contributed by atoms with Gasteiger partial charge in [0.2, 0.25) is 0 Å². The van der Waals surface area contributed by atoms with Crippen LogP contribution in [0.2, 0.25) is 0 Å². The van der Waals surface area contributed by atoms with E-state index in [0.29, 0.717) is 0 Å². The number of aliphatic hydroxyl groups excluding tert-OH is 1. The van der Waals surface area contributed by atoms with Crippen molar-refractivity contribution in [2.75, 3.05) is 19.7 Å². The van der Waals surface area contributed by atoms with Crippen LogP contribution in [0.25, 0.3) is 0 Å². The molecule has 0 radical (unpaired) electrons. The van der Waals surface area contributed by atoms with Gasteiger partial charge in [-0.2, -0.15) is 0 Å². The highest BCUT2D eigenvalue weighted by Gasteiger charge is 2.25. The molecule has 1 aromatic carbocycles. The first-order chi connectivity index (χ1) is 9.38. The highest BCUT2D eigenvalue weighted by molar-refractivity contribution is 5.32. The number of nitrogens with zero attached hydrogens (tertiary/aromatic N) is 3. The van der Waals surface area contributed by atoms with E-state index in [1.54, 1.807) is 6.20 Å². The summed E-state index contributed by atoms with van der Waals surface area (Å²) in [6.07, 6.45) is 6.68. The maximum atomic E-state index is 9.70. The summed E-state index contributed by atoms with van der Waals surface area (Å²) in [6.45, 7) is 3.05. The average molecular weight is 257 g/mol. The van der Waals surface area contributed by atoms with Crippen molar-refractivity contribution in [2.24, 2.45) is 0 Å². The molecule has 0 fully saturated rings. The lowest BCUT2D eigenvalue weighted by Gasteiger charge is -2.36. The first-order valence-corrected chi connectivity index (χ1v) is 6.77. The second-order valence-electron chi connectivity index (χ2n) is 4.98. The molecule has 1 aliphatic rings. The van der Waals surface area contributed by atoms with E-state index >= 15 is 0 Å². The van der Waals surface area contributed by atoms with Gasteiger partial charge in [-0.25, -0.2) is 4.98 Å². The Bertz CT molecular complexity index is 524. The van der Waals surface area contributed by atoms with E-state index < -0.39 is 0 Å². The van der Waals surface area contributed by atoms with Gasteiger partial charge < -0.3 is 9.67 Å². The first kappa shape index (κ1) is 12.4. The fourth-order valence-electron chi connectivity index (χ4n) is 2.85. The van der Waals surface area contributed by atoms with Crippen LogP contribution in [0.1, 0.15) is 17.2 Å². The summed E-state index contributed by atoms with van der Waals surface area (Å²) in [4.78, 5) is 6.42. The quantitative estimate of drug-likeness (QED) is 0.902. The molecule has 4 heteroatoms. The van der Waals surface area contributed by atoms with Gasteiger partial charge in [0.15, 0.2) is 0 Å². The third kappa shape index (κ3) is 2.55. The largest absolute Gasteiger partial charge is 0.394 e. The number of hydrogen-bond acceptors (Lipinski definition) is 3. The smallest absolute Gasteiger partial charge is 0.0946 e. The molecule has 2 heterocycles. The predicted molar refractivity (Wildman–Crippen MR) is 73.8 cm³/mol. The maximum absolute atomic E-state index is 9.70. The second kappa shape index (κ2) is 5.55.